The Kier molecular flexibility index (Phi) is 3.63. The summed E-state index contributed by atoms with van der Waals surface area (Å²) in [6, 6.07) is 6.62. The summed E-state index contributed by atoms with van der Waals surface area (Å²) in [5.74, 6) is 0. The average molecular weight is 266 g/mol. The smallest absolute Gasteiger partial charge is 0.0991 e. The van der Waals surface area contributed by atoms with E-state index in [4.69, 9.17) is 0 Å². The minimum absolute atomic E-state index is 1.10. The van der Waals surface area contributed by atoms with Crippen LogP contribution in [0, 0.1) is 0 Å². The van der Waals surface area contributed by atoms with Gasteiger partial charge in [0.1, 0.15) is 0 Å². The number of hydrogen-bond donors (Lipinski definition) is 0. The van der Waals surface area contributed by atoms with Gasteiger partial charge in [0.15, 0.2) is 0 Å². The lowest BCUT2D eigenvalue weighted by Gasteiger charge is -2.11. The lowest BCUT2D eigenvalue weighted by atomic mass is 10.1. The van der Waals surface area contributed by atoms with Crippen LogP contribution >= 0.6 is 0 Å². The van der Waals surface area contributed by atoms with Crippen molar-refractivity contribution in [2.75, 3.05) is 0 Å². The predicted octanol–water partition coefficient (Wildman–Crippen LogP) is 3.40. The van der Waals surface area contributed by atoms with Crippen molar-refractivity contribution in [1.82, 2.24) is 19.1 Å². The highest BCUT2D eigenvalue weighted by Gasteiger charge is 2.04. The van der Waals surface area contributed by atoms with Crippen LogP contribution in [-0.2, 0) is 6.42 Å². The van der Waals surface area contributed by atoms with Crippen molar-refractivity contribution < 1.29 is 0 Å². The van der Waals surface area contributed by atoms with Gasteiger partial charge in [-0.15, -0.1) is 0 Å². The van der Waals surface area contributed by atoms with Crippen molar-refractivity contribution in [1.29, 1.82) is 0 Å². The number of hydrogen-bond acceptors (Lipinski definition) is 2. The van der Waals surface area contributed by atoms with Gasteiger partial charge in [0.05, 0.1) is 12.7 Å². The van der Waals surface area contributed by atoms with Crippen LogP contribution in [0.25, 0.3) is 11.4 Å². The van der Waals surface area contributed by atoms with E-state index in [1.165, 1.54) is 18.4 Å². The molecule has 0 spiro atoms. The first kappa shape index (κ1) is 12.7. The lowest BCUT2D eigenvalue weighted by Crippen LogP contribution is -1.98. The van der Waals surface area contributed by atoms with Crippen molar-refractivity contribution in [2.45, 2.75) is 26.2 Å². The van der Waals surface area contributed by atoms with Gasteiger partial charge in [-0.05, 0) is 36.6 Å². The number of imidazole rings is 2. The Balaban J connectivity index is 2.03. The van der Waals surface area contributed by atoms with Crippen molar-refractivity contribution in [3.63, 3.8) is 0 Å². The summed E-state index contributed by atoms with van der Waals surface area (Å²) in [6.07, 6.45) is 14.7. The van der Waals surface area contributed by atoms with E-state index in [-0.39, 0.29) is 0 Å². The van der Waals surface area contributed by atoms with Crippen molar-refractivity contribution in [3.05, 3.63) is 61.2 Å². The van der Waals surface area contributed by atoms with E-state index >= 15 is 0 Å². The van der Waals surface area contributed by atoms with E-state index in [2.05, 4.69) is 35.1 Å². The molecule has 0 N–H and O–H groups in total. The van der Waals surface area contributed by atoms with Gasteiger partial charge in [-0.25, -0.2) is 9.97 Å². The zero-order chi connectivity index (χ0) is 13.8. The largest absolute Gasteiger partial charge is 0.306 e. The maximum atomic E-state index is 4.13. The molecule has 0 fully saturated rings. The molecule has 0 bridgehead atoms. The van der Waals surface area contributed by atoms with Crippen LogP contribution in [0.3, 0.4) is 0 Å². The van der Waals surface area contributed by atoms with E-state index in [9.17, 15) is 0 Å². The number of benzene rings is 1. The fourth-order valence-corrected chi connectivity index (χ4v) is 2.30. The Labute approximate surface area is 118 Å². The number of rotatable bonds is 5. The summed E-state index contributed by atoms with van der Waals surface area (Å²) in [7, 11) is 0. The summed E-state index contributed by atoms with van der Waals surface area (Å²) in [5, 5.41) is 0. The Bertz CT molecular complexity index is 601. The molecule has 2 aromatic heterocycles. The monoisotopic (exact) mass is 266 g/mol. The van der Waals surface area contributed by atoms with E-state index in [0.29, 0.717) is 0 Å². The second-order valence-corrected chi connectivity index (χ2v) is 4.90. The molecular weight excluding hydrogens is 248 g/mol. The molecule has 0 aliphatic rings. The summed E-state index contributed by atoms with van der Waals surface area (Å²) in [5.41, 5.74) is 3.63. The Hall–Kier alpha value is -2.36. The standard InChI is InChI=1S/C16H18N4/c1-2-3-4-14-9-15(19-7-5-17-12-19)11-16(10-14)20-8-6-18-13-20/h5-13H,2-4H2,1H3. The molecule has 0 aliphatic carbocycles. The van der Waals surface area contributed by atoms with E-state index in [0.717, 1.165) is 17.8 Å². The van der Waals surface area contributed by atoms with Gasteiger partial charge in [-0.3, -0.25) is 0 Å². The summed E-state index contributed by atoms with van der Waals surface area (Å²) < 4.78 is 4.08. The topological polar surface area (TPSA) is 35.6 Å². The third-order valence-electron chi connectivity index (χ3n) is 3.39. The fourth-order valence-electron chi connectivity index (χ4n) is 2.30. The summed E-state index contributed by atoms with van der Waals surface area (Å²) in [6.45, 7) is 2.22. The van der Waals surface area contributed by atoms with Crippen LogP contribution in [0.1, 0.15) is 25.3 Å². The normalized spacial score (nSPS) is 10.8. The fraction of sp³-hybridized carbons (Fsp3) is 0.250. The van der Waals surface area contributed by atoms with Crippen molar-refractivity contribution in [3.8, 4) is 11.4 Å². The molecule has 0 unspecified atom stereocenters. The average Bonchev–Trinajstić information content (AvgIpc) is 3.17. The van der Waals surface area contributed by atoms with E-state index in [1.807, 2.05) is 34.2 Å². The zero-order valence-electron chi connectivity index (χ0n) is 11.6. The number of aromatic nitrogens is 4. The number of nitrogens with zero attached hydrogens (tertiary/aromatic N) is 4. The molecule has 3 aromatic rings. The van der Waals surface area contributed by atoms with Gasteiger partial charge in [0, 0.05) is 36.2 Å². The quantitative estimate of drug-likeness (QED) is 0.709. The Morgan fingerprint density at radius 2 is 1.50 bits per heavy atom. The molecule has 0 saturated carbocycles. The molecule has 3 rings (SSSR count). The van der Waals surface area contributed by atoms with Crippen LogP contribution in [0.5, 0.6) is 0 Å². The number of aryl methyl sites for hydroxylation is 1. The third kappa shape index (κ3) is 2.64. The number of unbranched alkanes of at least 4 members (excludes halogenated alkanes) is 1. The van der Waals surface area contributed by atoms with Crippen LogP contribution in [-0.4, -0.2) is 19.1 Å². The molecule has 0 atom stereocenters. The maximum Gasteiger partial charge on any atom is 0.0991 e. The molecule has 0 aliphatic heterocycles. The molecule has 4 nitrogen and oxygen atoms in total. The molecule has 0 amide bonds. The second kappa shape index (κ2) is 5.74. The molecule has 4 heteroatoms. The van der Waals surface area contributed by atoms with Crippen LogP contribution < -0.4 is 0 Å². The van der Waals surface area contributed by atoms with Crippen LogP contribution in [0.2, 0.25) is 0 Å². The maximum absolute atomic E-state index is 4.13. The highest BCUT2D eigenvalue weighted by atomic mass is 15.0. The lowest BCUT2D eigenvalue weighted by molar-refractivity contribution is 0.793. The predicted molar refractivity (Wildman–Crippen MR) is 79.3 cm³/mol. The third-order valence-corrected chi connectivity index (χ3v) is 3.39. The van der Waals surface area contributed by atoms with E-state index in [1.54, 1.807) is 12.4 Å². The Morgan fingerprint density at radius 3 is 1.95 bits per heavy atom. The molecule has 102 valence electrons. The summed E-state index contributed by atoms with van der Waals surface area (Å²) in [4.78, 5) is 8.25. The van der Waals surface area contributed by atoms with Crippen molar-refractivity contribution >= 4 is 0 Å². The first-order valence-corrected chi connectivity index (χ1v) is 6.97. The minimum atomic E-state index is 1.10. The van der Waals surface area contributed by atoms with Gasteiger partial charge in [-0.2, -0.15) is 0 Å². The Morgan fingerprint density at radius 1 is 0.900 bits per heavy atom. The van der Waals surface area contributed by atoms with Gasteiger partial charge in [0.25, 0.3) is 0 Å². The van der Waals surface area contributed by atoms with Crippen molar-refractivity contribution in [2.24, 2.45) is 0 Å². The highest BCUT2D eigenvalue weighted by molar-refractivity contribution is 5.47. The molecule has 0 radical (unpaired) electrons. The second-order valence-electron chi connectivity index (χ2n) is 4.90. The van der Waals surface area contributed by atoms with Gasteiger partial charge in [0.2, 0.25) is 0 Å². The molecule has 1 aromatic carbocycles. The van der Waals surface area contributed by atoms with E-state index < -0.39 is 0 Å². The first-order chi connectivity index (χ1) is 9.86. The molecule has 2 heterocycles. The van der Waals surface area contributed by atoms with Gasteiger partial charge < -0.3 is 9.13 Å². The van der Waals surface area contributed by atoms with Gasteiger partial charge in [-0.1, -0.05) is 13.3 Å². The zero-order valence-corrected chi connectivity index (χ0v) is 11.6. The molecule has 20 heavy (non-hydrogen) atoms. The van der Waals surface area contributed by atoms with Crippen LogP contribution in [0.15, 0.2) is 55.6 Å². The molecule has 0 saturated heterocycles. The first-order valence-electron chi connectivity index (χ1n) is 6.97. The SMILES string of the molecule is CCCCc1cc(-n2ccnc2)cc(-n2ccnc2)c1. The van der Waals surface area contributed by atoms with Crippen LogP contribution in [0.4, 0.5) is 0 Å². The highest BCUT2D eigenvalue weighted by Crippen LogP contribution is 2.19. The minimum Gasteiger partial charge on any atom is -0.306 e. The van der Waals surface area contributed by atoms with Gasteiger partial charge >= 0.3 is 0 Å². The molecular formula is C16H18N4. The summed E-state index contributed by atoms with van der Waals surface area (Å²) >= 11 is 0.